The molecule has 1 aromatic carbocycles. The molecule has 0 bridgehead atoms. The van der Waals surface area contributed by atoms with Crippen LogP contribution in [0.5, 0.6) is 0 Å². The summed E-state index contributed by atoms with van der Waals surface area (Å²) in [6.07, 6.45) is 2.34. The van der Waals surface area contributed by atoms with Crippen LogP contribution in [0.2, 0.25) is 0 Å². The zero-order valence-electron chi connectivity index (χ0n) is 10.4. The molecule has 17 heavy (non-hydrogen) atoms. The van der Waals surface area contributed by atoms with Gasteiger partial charge in [0.1, 0.15) is 5.69 Å². The SMILES string of the molecule is CC(C)c1ccc(N2CCCC2)c(N([O-])[OH2+])c1. The lowest BCUT2D eigenvalue weighted by atomic mass is 10.0. The Morgan fingerprint density at radius 1 is 1.29 bits per heavy atom. The van der Waals surface area contributed by atoms with Crippen molar-refractivity contribution in [3.63, 3.8) is 0 Å². The third kappa shape index (κ3) is 2.53. The molecule has 2 N–H and O–H groups in total. The number of nitrogens with zero attached hydrogens (tertiary/aromatic N) is 2. The molecule has 1 aliphatic rings. The molecular formula is C13H20N2O2. The second-order valence-electron chi connectivity index (χ2n) is 4.89. The van der Waals surface area contributed by atoms with Gasteiger partial charge in [-0.25, -0.2) is 0 Å². The van der Waals surface area contributed by atoms with Gasteiger partial charge >= 0.3 is 0 Å². The van der Waals surface area contributed by atoms with E-state index in [4.69, 9.17) is 5.21 Å². The first kappa shape index (κ1) is 12.2. The fourth-order valence-electron chi connectivity index (χ4n) is 2.29. The number of rotatable bonds is 3. The number of anilines is 2. The molecule has 0 saturated carbocycles. The molecule has 0 aliphatic carbocycles. The van der Waals surface area contributed by atoms with Gasteiger partial charge in [-0.2, -0.15) is 5.23 Å². The summed E-state index contributed by atoms with van der Waals surface area (Å²) in [6, 6.07) is 5.89. The maximum Gasteiger partial charge on any atom is 0.120 e. The van der Waals surface area contributed by atoms with Crippen LogP contribution in [0, 0.1) is 5.21 Å². The van der Waals surface area contributed by atoms with Gasteiger partial charge in [0, 0.05) is 13.1 Å². The van der Waals surface area contributed by atoms with Crippen molar-refractivity contribution in [1.29, 1.82) is 0 Å². The second-order valence-corrected chi connectivity index (χ2v) is 4.89. The fourth-order valence-corrected chi connectivity index (χ4v) is 2.29. The van der Waals surface area contributed by atoms with Crippen LogP contribution in [-0.4, -0.2) is 18.3 Å². The Hall–Kier alpha value is -1.26. The van der Waals surface area contributed by atoms with E-state index in [9.17, 15) is 5.21 Å². The molecule has 0 aromatic heterocycles. The highest BCUT2D eigenvalue weighted by Crippen LogP contribution is 2.33. The molecule has 1 saturated heterocycles. The smallest absolute Gasteiger partial charge is 0.120 e. The predicted octanol–water partition coefficient (Wildman–Crippen LogP) is 2.35. The molecule has 0 atom stereocenters. The average molecular weight is 236 g/mol. The van der Waals surface area contributed by atoms with Crippen molar-refractivity contribution in [3.05, 3.63) is 29.0 Å². The van der Waals surface area contributed by atoms with Crippen molar-refractivity contribution in [2.24, 2.45) is 0 Å². The molecule has 0 spiro atoms. The van der Waals surface area contributed by atoms with Crippen LogP contribution >= 0.6 is 0 Å². The standard InChI is InChI=1S/C13H19N2O2/c1-10(2)11-5-6-12(13(9-11)15(16)17)14-7-3-4-8-14/h5-6,9-10,16H,3-4,7-8H2,1-2H3/q-1/p+1. The molecule has 0 amide bonds. The van der Waals surface area contributed by atoms with Gasteiger partial charge in [-0.15, -0.1) is 0 Å². The average Bonchev–Trinajstić information content (AvgIpc) is 2.81. The first-order valence-electron chi connectivity index (χ1n) is 6.17. The molecule has 1 aromatic rings. The van der Waals surface area contributed by atoms with Gasteiger partial charge < -0.3 is 15.3 Å². The molecule has 1 heterocycles. The van der Waals surface area contributed by atoms with Crippen LogP contribution in [0.25, 0.3) is 0 Å². The summed E-state index contributed by atoms with van der Waals surface area (Å²) in [5, 5.41) is 18.9. The van der Waals surface area contributed by atoms with Crippen molar-refractivity contribution < 1.29 is 5.21 Å². The molecule has 4 heteroatoms. The molecule has 0 radical (unpaired) electrons. The van der Waals surface area contributed by atoms with E-state index in [0.717, 1.165) is 24.3 Å². The Labute approximate surface area is 102 Å². The quantitative estimate of drug-likeness (QED) is 0.598. The van der Waals surface area contributed by atoms with Gasteiger partial charge in [0.25, 0.3) is 0 Å². The summed E-state index contributed by atoms with van der Waals surface area (Å²) >= 11 is 0. The second kappa shape index (κ2) is 4.94. The Morgan fingerprint density at radius 3 is 2.47 bits per heavy atom. The van der Waals surface area contributed by atoms with Gasteiger partial charge in [-0.05, 0) is 36.5 Å². The monoisotopic (exact) mass is 236 g/mol. The lowest BCUT2D eigenvalue weighted by Crippen LogP contribution is -2.21. The summed E-state index contributed by atoms with van der Waals surface area (Å²) < 4.78 is 0. The van der Waals surface area contributed by atoms with Gasteiger partial charge in [-0.3, -0.25) is 0 Å². The van der Waals surface area contributed by atoms with Crippen molar-refractivity contribution in [2.45, 2.75) is 32.6 Å². The fraction of sp³-hybridized carbons (Fsp3) is 0.538. The van der Waals surface area contributed by atoms with E-state index >= 15 is 0 Å². The normalized spacial score (nSPS) is 15.7. The molecule has 94 valence electrons. The van der Waals surface area contributed by atoms with Gasteiger partial charge in [0.2, 0.25) is 0 Å². The third-order valence-corrected chi connectivity index (χ3v) is 3.33. The van der Waals surface area contributed by atoms with E-state index in [1.807, 2.05) is 12.1 Å². The minimum atomic E-state index is 0.236. The Bertz CT molecular complexity index is 385. The molecule has 1 fully saturated rings. The summed E-state index contributed by atoms with van der Waals surface area (Å²) in [4.78, 5) is 2.19. The van der Waals surface area contributed by atoms with E-state index in [1.165, 1.54) is 12.8 Å². The van der Waals surface area contributed by atoms with Crippen molar-refractivity contribution in [3.8, 4) is 0 Å². The lowest BCUT2D eigenvalue weighted by Gasteiger charge is -2.26. The maximum atomic E-state index is 11.4. The van der Waals surface area contributed by atoms with Crippen LogP contribution < -0.4 is 10.1 Å². The van der Waals surface area contributed by atoms with Crippen LogP contribution in [0.1, 0.15) is 38.2 Å². The summed E-state index contributed by atoms with van der Waals surface area (Å²) in [6.45, 7) is 6.16. The van der Waals surface area contributed by atoms with Crippen molar-refractivity contribution in [2.75, 3.05) is 23.2 Å². The van der Waals surface area contributed by atoms with Gasteiger partial charge in [0.05, 0.1) is 5.69 Å². The summed E-state index contributed by atoms with van der Waals surface area (Å²) in [5.74, 6) is 0.376. The minimum Gasteiger partial charge on any atom is -0.694 e. The van der Waals surface area contributed by atoms with Crippen molar-refractivity contribution in [1.82, 2.24) is 0 Å². The van der Waals surface area contributed by atoms with E-state index in [1.54, 1.807) is 0 Å². The first-order chi connectivity index (χ1) is 8.09. The Kier molecular flexibility index (Phi) is 3.54. The van der Waals surface area contributed by atoms with Gasteiger partial charge in [-0.1, -0.05) is 19.9 Å². The van der Waals surface area contributed by atoms with Crippen molar-refractivity contribution >= 4 is 11.4 Å². The van der Waals surface area contributed by atoms with E-state index in [2.05, 4.69) is 24.8 Å². The maximum absolute atomic E-state index is 11.4. The molecule has 0 unspecified atom stereocenters. The predicted molar refractivity (Wildman–Crippen MR) is 71.4 cm³/mol. The minimum absolute atomic E-state index is 0.236. The Morgan fingerprint density at radius 2 is 1.94 bits per heavy atom. The Balaban J connectivity index is 2.37. The van der Waals surface area contributed by atoms with E-state index in [0.29, 0.717) is 11.6 Å². The number of hydrogen-bond acceptors (Lipinski definition) is 3. The number of benzene rings is 1. The summed E-state index contributed by atoms with van der Waals surface area (Å²) in [7, 11) is 0. The molecule has 1 aliphatic heterocycles. The lowest BCUT2D eigenvalue weighted by molar-refractivity contribution is 0.296. The first-order valence-corrected chi connectivity index (χ1v) is 6.17. The van der Waals surface area contributed by atoms with E-state index in [-0.39, 0.29) is 5.23 Å². The highest BCUT2D eigenvalue weighted by molar-refractivity contribution is 5.72. The molecule has 4 nitrogen and oxygen atoms in total. The third-order valence-electron chi connectivity index (χ3n) is 3.33. The largest absolute Gasteiger partial charge is 0.694 e. The zero-order chi connectivity index (χ0) is 12.4. The van der Waals surface area contributed by atoms with Gasteiger partial charge in [0.15, 0.2) is 0 Å². The van der Waals surface area contributed by atoms with Crippen LogP contribution in [0.3, 0.4) is 0 Å². The topological polar surface area (TPSA) is 52.4 Å². The zero-order valence-corrected chi connectivity index (χ0v) is 10.4. The highest BCUT2D eigenvalue weighted by atomic mass is 16.8. The summed E-state index contributed by atoms with van der Waals surface area (Å²) in [5.41, 5.74) is 2.48. The number of hydrogen-bond donors (Lipinski definition) is 0. The van der Waals surface area contributed by atoms with Crippen LogP contribution in [0.4, 0.5) is 11.4 Å². The highest BCUT2D eigenvalue weighted by Gasteiger charge is 2.18. The molecular weight excluding hydrogens is 216 g/mol. The molecule has 2 rings (SSSR count). The van der Waals surface area contributed by atoms with Crippen LogP contribution in [-0.2, 0) is 0 Å². The van der Waals surface area contributed by atoms with Crippen LogP contribution in [0.15, 0.2) is 18.2 Å². The van der Waals surface area contributed by atoms with E-state index < -0.39 is 0 Å².